The van der Waals surface area contributed by atoms with Gasteiger partial charge in [0.05, 0.1) is 0 Å². The fourth-order valence-corrected chi connectivity index (χ4v) is 1.06. The maximum absolute atomic E-state index is 11.7. The summed E-state index contributed by atoms with van der Waals surface area (Å²) >= 11 is 0. The van der Waals surface area contributed by atoms with Crippen LogP contribution in [0.2, 0.25) is 0 Å². The highest BCUT2D eigenvalue weighted by atomic mass is 19.3. The molecule has 0 rings (SSSR count). The number of nitrogens with one attached hydrogen (secondary N) is 1. The van der Waals surface area contributed by atoms with Gasteiger partial charge in [0.1, 0.15) is 6.61 Å². The van der Waals surface area contributed by atoms with Crippen molar-refractivity contribution in [2.45, 2.75) is 32.2 Å². The molecule has 0 saturated carbocycles. The van der Waals surface area contributed by atoms with Gasteiger partial charge in [0.25, 0.3) is 6.43 Å². The molecule has 14 heavy (non-hydrogen) atoms. The van der Waals surface area contributed by atoms with Crippen molar-refractivity contribution in [3.05, 3.63) is 12.2 Å². The molecule has 0 bridgehead atoms. The van der Waals surface area contributed by atoms with E-state index < -0.39 is 13.0 Å². The predicted molar refractivity (Wildman–Crippen MR) is 52.0 cm³/mol. The second kappa shape index (κ2) is 7.84. The van der Waals surface area contributed by atoms with Crippen LogP contribution in [-0.4, -0.2) is 25.7 Å². The smallest absolute Gasteiger partial charge is 0.261 e. The van der Waals surface area contributed by atoms with E-state index >= 15 is 0 Å². The minimum atomic E-state index is -2.40. The number of halogens is 2. The van der Waals surface area contributed by atoms with Crippen LogP contribution in [0.25, 0.3) is 0 Å². The highest BCUT2D eigenvalue weighted by Crippen LogP contribution is 2.05. The third-order valence-electron chi connectivity index (χ3n) is 1.69. The molecule has 5 heteroatoms. The van der Waals surface area contributed by atoms with Crippen LogP contribution in [0.1, 0.15) is 19.8 Å². The second-order valence-electron chi connectivity index (χ2n) is 3.28. The summed E-state index contributed by atoms with van der Waals surface area (Å²) in [5, 5.41) is 0. The summed E-state index contributed by atoms with van der Waals surface area (Å²) in [6.07, 6.45) is -1.06. The molecule has 3 nitrogen and oxygen atoms in total. The molecular formula is C9H18F2N2O. The molecule has 0 aliphatic rings. The van der Waals surface area contributed by atoms with Gasteiger partial charge in [0.15, 0.2) is 0 Å². The lowest BCUT2D eigenvalue weighted by molar-refractivity contribution is 0.0144. The Balaban J connectivity index is 3.47. The number of ether oxygens (including phenoxy) is 1. The molecule has 0 fully saturated rings. The highest BCUT2D eigenvalue weighted by molar-refractivity contribution is 4.92. The number of hydrogen-bond acceptors (Lipinski definition) is 3. The first-order valence-electron chi connectivity index (χ1n) is 4.52. The average Bonchev–Trinajstić information content (AvgIpc) is 2.09. The van der Waals surface area contributed by atoms with Gasteiger partial charge in [0, 0.05) is 12.6 Å². The van der Waals surface area contributed by atoms with Crippen LogP contribution in [0.4, 0.5) is 8.78 Å². The first-order chi connectivity index (χ1) is 6.56. The van der Waals surface area contributed by atoms with Gasteiger partial charge in [-0.25, -0.2) is 8.78 Å². The van der Waals surface area contributed by atoms with Crippen molar-refractivity contribution in [3.63, 3.8) is 0 Å². The lowest BCUT2D eigenvalue weighted by Gasteiger charge is -2.15. The van der Waals surface area contributed by atoms with E-state index in [0.717, 1.165) is 12.0 Å². The van der Waals surface area contributed by atoms with Gasteiger partial charge >= 0.3 is 0 Å². The maximum Gasteiger partial charge on any atom is 0.261 e. The summed E-state index contributed by atoms with van der Waals surface area (Å²) in [6, 6.07) is 0.0465. The molecule has 1 atom stereocenters. The molecule has 3 N–H and O–H groups in total. The third-order valence-corrected chi connectivity index (χ3v) is 1.69. The van der Waals surface area contributed by atoms with Crippen LogP contribution in [0.3, 0.4) is 0 Å². The molecule has 0 amide bonds. The summed E-state index contributed by atoms with van der Waals surface area (Å²) in [4.78, 5) is 0. The monoisotopic (exact) mass is 208 g/mol. The molecule has 0 heterocycles. The van der Waals surface area contributed by atoms with Crippen LogP contribution in [-0.2, 0) is 4.74 Å². The van der Waals surface area contributed by atoms with E-state index in [4.69, 9.17) is 10.6 Å². The van der Waals surface area contributed by atoms with Crippen LogP contribution in [0.5, 0.6) is 0 Å². The van der Waals surface area contributed by atoms with Crippen molar-refractivity contribution in [2.75, 3.05) is 13.2 Å². The SMILES string of the molecule is C=C(C)CC(CCOCC(F)F)NN. The Labute approximate surface area is 83.3 Å². The largest absolute Gasteiger partial charge is 0.375 e. The maximum atomic E-state index is 11.7. The molecule has 0 aliphatic carbocycles. The molecule has 0 saturated heterocycles. The van der Waals surface area contributed by atoms with E-state index in [-0.39, 0.29) is 12.6 Å². The van der Waals surface area contributed by atoms with E-state index in [2.05, 4.69) is 12.0 Å². The van der Waals surface area contributed by atoms with Crippen molar-refractivity contribution in [1.29, 1.82) is 0 Å². The van der Waals surface area contributed by atoms with Crippen molar-refractivity contribution < 1.29 is 13.5 Å². The molecular weight excluding hydrogens is 190 g/mol. The summed E-state index contributed by atoms with van der Waals surface area (Å²) in [5.74, 6) is 5.27. The van der Waals surface area contributed by atoms with Gasteiger partial charge < -0.3 is 4.74 Å². The number of hydrazine groups is 1. The van der Waals surface area contributed by atoms with Crippen LogP contribution in [0.15, 0.2) is 12.2 Å². The molecule has 0 spiro atoms. The van der Waals surface area contributed by atoms with Gasteiger partial charge in [-0.2, -0.15) is 0 Å². The van der Waals surface area contributed by atoms with Crippen molar-refractivity contribution in [2.24, 2.45) is 5.84 Å². The van der Waals surface area contributed by atoms with Gasteiger partial charge in [-0.3, -0.25) is 11.3 Å². The van der Waals surface area contributed by atoms with E-state index in [1.165, 1.54) is 0 Å². The summed E-state index contributed by atoms with van der Waals surface area (Å²) in [7, 11) is 0. The number of nitrogens with two attached hydrogens (primary N) is 1. The van der Waals surface area contributed by atoms with Crippen molar-refractivity contribution >= 4 is 0 Å². The Morgan fingerprint density at radius 2 is 2.21 bits per heavy atom. The summed E-state index contributed by atoms with van der Waals surface area (Å²) in [5.41, 5.74) is 3.59. The van der Waals surface area contributed by atoms with Crippen LogP contribution >= 0.6 is 0 Å². The standard InChI is InChI=1S/C9H18F2N2O/c1-7(2)5-8(13-12)3-4-14-6-9(10)11/h8-9,13H,1,3-6,12H2,2H3. The topological polar surface area (TPSA) is 47.3 Å². The minimum absolute atomic E-state index is 0.0465. The molecule has 0 aromatic heterocycles. The van der Waals surface area contributed by atoms with E-state index in [9.17, 15) is 8.78 Å². The Morgan fingerprint density at radius 3 is 2.64 bits per heavy atom. The number of rotatable bonds is 8. The zero-order valence-electron chi connectivity index (χ0n) is 8.43. The normalized spacial score (nSPS) is 13.2. The zero-order valence-corrected chi connectivity index (χ0v) is 8.43. The summed E-state index contributed by atoms with van der Waals surface area (Å²) in [6.45, 7) is 5.41. The minimum Gasteiger partial charge on any atom is -0.375 e. The van der Waals surface area contributed by atoms with E-state index in [1.807, 2.05) is 6.92 Å². The quantitative estimate of drug-likeness (QED) is 0.275. The van der Waals surface area contributed by atoms with Gasteiger partial charge in [-0.1, -0.05) is 5.57 Å². The molecule has 0 aliphatic heterocycles. The van der Waals surface area contributed by atoms with E-state index in [0.29, 0.717) is 6.42 Å². The molecule has 0 aromatic carbocycles. The Hall–Kier alpha value is -0.520. The molecule has 84 valence electrons. The molecule has 0 radical (unpaired) electrons. The van der Waals surface area contributed by atoms with Gasteiger partial charge in [0.2, 0.25) is 0 Å². The van der Waals surface area contributed by atoms with Crippen LogP contribution < -0.4 is 11.3 Å². The highest BCUT2D eigenvalue weighted by Gasteiger charge is 2.07. The lowest BCUT2D eigenvalue weighted by atomic mass is 10.1. The third kappa shape index (κ3) is 8.10. The van der Waals surface area contributed by atoms with Crippen molar-refractivity contribution in [1.82, 2.24) is 5.43 Å². The summed E-state index contributed by atoms with van der Waals surface area (Å²) < 4.78 is 28.1. The number of alkyl halides is 2. The average molecular weight is 208 g/mol. The Kier molecular flexibility index (Phi) is 7.55. The predicted octanol–water partition coefficient (Wildman–Crippen LogP) is 1.46. The van der Waals surface area contributed by atoms with Crippen molar-refractivity contribution in [3.8, 4) is 0 Å². The Bertz CT molecular complexity index is 165. The first-order valence-corrected chi connectivity index (χ1v) is 4.52. The fourth-order valence-electron chi connectivity index (χ4n) is 1.06. The molecule has 1 unspecified atom stereocenters. The Morgan fingerprint density at radius 1 is 1.57 bits per heavy atom. The first kappa shape index (κ1) is 13.5. The number of hydrogen-bond donors (Lipinski definition) is 2. The van der Waals surface area contributed by atoms with E-state index in [1.54, 1.807) is 0 Å². The fraction of sp³-hybridized carbons (Fsp3) is 0.778. The molecule has 0 aromatic rings. The second-order valence-corrected chi connectivity index (χ2v) is 3.28. The van der Waals surface area contributed by atoms with Gasteiger partial charge in [-0.05, 0) is 19.8 Å². The zero-order chi connectivity index (χ0) is 11.0. The lowest BCUT2D eigenvalue weighted by Crippen LogP contribution is -2.36. The van der Waals surface area contributed by atoms with Gasteiger partial charge in [-0.15, -0.1) is 6.58 Å². The van der Waals surface area contributed by atoms with Crippen LogP contribution in [0, 0.1) is 0 Å².